The van der Waals surface area contributed by atoms with Crippen molar-refractivity contribution in [3.8, 4) is 0 Å². The van der Waals surface area contributed by atoms with E-state index >= 15 is 0 Å². The SMILES string of the molecule is CCOC(=O)C(F)=C1CCN(C(=O)OC(C)(C)C)CC1. The second kappa shape index (κ2) is 6.72. The summed E-state index contributed by atoms with van der Waals surface area (Å²) in [7, 11) is 0. The Morgan fingerprint density at radius 2 is 1.80 bits per heavy atom. The predicted molar refractivity (Wildman–Crippen MR) is 71.8 cm³/mol. The number of hydrogen-bond acceptors (Lipinski definition) is 4. The quantitative estimate of drug-likeness (QED) is 0.579. The van der Waals surface area contributed by atoms with Crippen LogP contribution in [0.25, 0.3) is 0 Å². The van der Waals surface area contributed by atoms with E-state index in [1.54, 1.807) is 27.7 Å². The molecule has 1 heterocycles. The number of likely N-dealkylation sites (tertiary alicyclic amines) is 1. The summed E-state index contributed by atoms with van der Waals surface area (Å²) in [5.41, 5.74) is -0.146. The van der Waals surface area contributed by atoms with Crippen LogP contribution in [0.1, 0.15) is 40.5 Å². The Bertz CT molecular complexity index is 402. The van der Waals surface area contributed by atoms with Crippen LogP contribution in [0.5, 0.6) is 0 Å². The van der Waals surface area contributed by atoms with Crippen molar-refractivity contribution in [3.05, 3.63) is 11.4 Å². The van der Waals surface area contributed by atoms with Crippen molar-refractivity contribution in [1.82, 2.24) is 4.90 Å². The first-order valence-electron chi connectivity index (χ1n) is 6.77. The first-order valence-corrected chi connectivity index (χ1v) is 6.77. The molecule has 114 valence electrons. The van der Waals surface area contributed by atoms with Crippen molar-refractivity contribution in [2.24, 2.45) is 0 Å². The summed E-state index contributed by atoms with van der Waals surface area (Å²) in [6.07, 6.45) is 0.237. The summed E-state index contributed by atoms with van der Waals surface area (Å²) < 4.78 is 23.6. The van der Waals surface area contributed by atoms with E-state index < -0.39 is 23.5 Å². The highest BCUT2D eigenvalue weighted by Crippen LogP contribution is 2.23. The molecule has 0 spiro atoms. The molecule has 1 aliphatic rings. The van der Waals surface area contributed by atoms with E-state index in [4.69, 9.17) is 4.74 Å². The van der Waals surface area contributed by atoms with E-state index in [1.165, 1.54) is 4.90 Å². The maximum absolute atomic E-state index is 13.7. The number of halogens is 1. The second-order valence-corrected chi connectivity index (χ2v) is 5.61. The molecule has 0 aliphatic carbocycles. The van der Waals surface area contributed by atoms with Gasteiger partial charge >= 0.3 is 12.1 Å². The van der Waals surface area contributed by atoms with Crippen LogP contribution in [-0.4, -0.2) is 42.3 Å². The zero-order valence-corrected chi connectivity index (χ0v) is 12.5. The van der Waals surface area contributed by atoms with Crippen LogP contribution in [0.4, 0.5) is 9.18 Å². The Morgan fingerprint density at radius 1 is 1.25 bits per heavy atom. The summed E-state index contributed by atoms with van der Waals surface area (Å²) in [6, 6.07) is 0. The Kier molecular flexibility index (Phi) is 5.53. The monoisotopic (exact) mass is 287 g/mol. The van der Waals surface area contributed by atoms with E-state index in [1.807, 2.05) is 0 Å². The lowest BCUT2D eigenvalue weighted by molar-refractivity contribution is -0.140. The van der Waals surface area contributed by atoms with Crippen molar-refractivity contribution in [1.29, 1.82) is 0 Å². The average Bonchev–Trinajstić information content (AvgIpc) is 2.36. The zero-order valence-electron chi connectivity index (χ0n) is 12.5. The summed E-state index contributed by atoms with van der Waals surface area (Å²) in [6.45, 7) is 7.83. The highest BCUT2D eigenvalue weighted by atomic mass is 19.1. The molecular weight excluding hydrogens is 265 g/mol. The Hall–Kier alpha value is -1.59. The number of hydrogen-bond donors (Lipinski definition) is 0. The minimum atomic E-state index is -0.923. The maximum atomic E-state index is 13.7. The Labute approximate surface area is 118 Å². The minimum Gasteiger partial charge on any atom is -0.461 e. The van der Waals surface area contributed by atoms with E-state index in [9.17, 15) is 14.0 Å². The number of amides is 1. The topological polar surface area (TPSA) is 55.8 Å². The van der Waals surface area contributed by atoms with Gasteiger partial charge in [-0.1, -0.05) is 0 Å². The van der Waals surface area contributed by atoms with Crippen LogP contribution < -0.4 is 0 Å². The van der Waals surface area contributed by atoms with E-state index in [2.05, 4.69) is 4.74 Å². The lowest BCUT2D eigenvalue weighted by Crippen LogP contribution is -2.40. The summed E-state index contributed by atoms with van der Waals surface area (Å²) >= 11 is 0. The van der Waals surface area contributed by atoms with Gasteiger partial charge in [0.05, 0.1) is 6.61 Å². The standard InChI is InChI=1S/C14H22FNO4/c1-5-19-12(17)11(15)10-6-8-16(9-7-10)13(18)20-14(2,3)4/h5-9H2,1-4H3. The van der Waals surface area contributed by atoms with Gasteiger partial charge in [0.15, 0.2) is 0 Å². The predicted octanol–water partition coefficient (Wildman–Crippen LogP) is 2.80. The molecule has 0 N–H and O–H groups in total. The normalized spacial score (nSPS) is 15.8. The van der Waals surface area contributed by atoms with E-state index in [-0.39, 0.29) is 6.61 Å². The molecule has 1 amide bonds. The smallest absolute Gasteiger partial charge is 0.410 e. The molecule has 0 radical (unpaired) electrons. The van der Waals surface area contributed by atoms with Gasteiger partial charge in [-0.05, 0) is 46.1 Å². The summed E-state index contributed by atoms with van der Waals surface area (Å²) in [5, 5.41) is 0. The zero-order chi connectivity index (χ0) is 15.3. The third kappa shape index (κ3) is 4.83. The van der Waals surface area contributed by atoms with Crippen LogP contribution in [0.15, 0.2) is 11.4 Å². The molecule has 0 bridgehead atoms. The highest BCUT2D eigenvalue weighted by Gasteiger charge is 2.27. The minimum absolute atomic E-state index is 0.142. The first-order chi connectivity index (χ1) is 9.24. The van der Waals surface area contributed by atoms with Gasteiger partial charge in [-0.25, -0.2) is 9.59 Å². The lowest BCUT2D eigenvalue weighted by atomic mass is 10.0. The molecular formula is C14H22FNO4. The molecule has 0 saturated carbocycles. The van der Waals surface area contributed by atoms with Crippen LogP contribution in [0.3, 0.4) is 0 Å². The first kappa shape index (κ1) is 16.5. The lowest BCUT2D eigenvalue weighted by Gasteiger charge is -2.30. The van der Waals surface area contributed by atoms with Crippen molar-refractivity contribution >= 4 is 12.1 Å². The molecule has 1 rings (SSSR count). The van der Waals surface area contributed by atoms with Gasteiger partial charge in [-0.3, -0.25) is 0 Å². The number of nitrogens with zero attached hydrogens (tertiary/aromatic N) is 1. The number of esters is 1. The van der Waals surface area contributed by atoms with Gasteiger partial charge in [0.25, 0.3) is 0 Å². The highest BCUT2D eigenvalue weighted by molar-refractivity contribution is 5.87. The number of piperidine rings is 1. The average molecular weight is 287 g/mol. The van der Waals surface area contributed by atoms with Crippen molar-refractivity contribution < 1.29 is 23.5 Å². The van der Waals surface area contributed by atoms with Crippen molar-refractivity contribution in [3.63, 3.8) is 0 Å². The second-order valence-electron chi connectivity index (χ2n) is 5.61. The van der Waals surface area contributed by atoms with Crippen LogP contribution in [-0.2, 0) is 14.3 Å². The number of carbonyl (C=O) groups excluding carboxylic acids is 2. The molecule has 0 aromatic heterocycles. The van der Waals surface area contributed by atoms with Gasteiger partial charge in [-0.15, -0.1) is 0 Å². The van der Waals surface area contributed by atoms with E-state index in [0.717, 1.165) is 0 Å². The largest absolute Gasteiger partial charge is 0.461 e. The van der Waals surface area contributed by atoms with Gasteiger partial charge in [0, 0.05) is 13.1 Å². The van der Waals surface area contributed by atoms with Crippen LogP contribution in [0, 0.1) is 0 Å². The van der Waals surface area contributed by atoms with Gasteiger partial charge < -0.3 is 14.4 Å². The Morgan fingerprint density at radius 3 is 2.25 bits per heavy atom. The van der Waals surface area contributed by atoms with Gasteiger partial charge in [0.2, 0.25) is 5.83 Å². The van der Waals surface area contributed by atoms with Gasteiger partial charge in [-0.2, -0.15) is 4.39 Å². The third-order valence-electron chi connectivity index (χ3n) is 2.78. The number of rotatable bonds is 2. The Balaban J connectivity index is 2.57. The molecule has 20 heavy (non-hydrogen) atoms. The third-order valence-corrected chi connectivity index (χ3v) is 2.78. The van der Waals surface area contributed by atoms with Crippen molar-refractivity contribution in [2.45, 2.75) is 46.1 Å². The fourth-order valence-electron chi connectivity index (χ4n) is 1.84. The molecule has 0 aromatic carbocycles. The van der Waals surface area contributed by atoms with Crippen LogP contribution in [0.2, 0.25) is 0 Å². The molecule has 0 aromatic rings. The molecule has 0 unspecified atom stereocenters. The molecule has 1 aliphatic heterocycles. The van der Waals surface area contributed by atoms with Crippen LogP contribution >= 0.6 is 0 Å². The molecule has 1 fully saturated rings. The van der Waals surface area contributed by atoms with Crippen molar-refractivity contribution in [2.75, 3.05) is 19.7 Å². The number of carbonyl (C=O) groups is 2. The fourth-order valence-corrected chi connectivity index (χ4v) is 1.84. The molecule has 6 heteroatoms. The summed E-state index contributed by atoms with van der Waals surface area (Å²) in [5.74, 6) is -1.75. The molecule has 5 nitrogen and oxygen atoms in total. The summed E-state index contributed by atoms with van der Waals surface area (Å²) in [4.78, 5) is 24.6. The van der Waals surface area contributed by atoms with E-state index in [0.29, 0.717) is 31.5 Å². The fraction of sp³-hybridized carbons (Fsp3) is 0.714. The van der Waals surface area contributed by atoms with Gasteiger partial charge in [0.1, 0.15) is 5.60 Å². The molecule has 0 atom stereocenters. The number of ether oxygens (including phenoxy) is 2. The maximum Gasteiger partial charge on any atom is 0.410 e. The molecule has 1 saturated heterocycles.